The van der Waals surface area contributed by atoms with Crippen molar-refractivity contribution in [2.45, 2.75) is 12.5 Å². The van der Waals surface area contributed by atoms with E-state index in [4.69, 9.17) is 0 Å². The summed E-state index contributed by atoms with van der Waals surface area (Å²) in [6.07, 6.45) is 0.505. The van der Waals surface area contributed by atoms with Crippen LogP contribution < -0.4 is 5.32 Å². The summed E-state index contributed by atoms with van der Waals surface area (Å²) >= 11 is 6.50. The van der Waals surface area contributed by atoms with Crippen LogP contribution in [0.4, 0.5) is 8.78 Å². The van der Waals surface area contributed by atoms with Crippen LogP contribution in [0.15, 0.2) is 45.3 Å². The first-order valence-corrected chi connectivity index (χ1v) is 7.65. The SMILES string of the molecule is CNC(Cc1cc(F)cc(Br)c1)c1ccc(Br)cc1F. The lowest BCUT2D eigenvalue weighted by molar-refractivity contribution is 0.531. The van der Waals surface area contributed by atoms with Crippen molar-refractivity contribution in [3.05, 3.63) is 68.1 Å². The third-order valence-corrected chi connectivity index (χ3v) is 4.00. The van der Waals surface area contributed by atoms with E-state index in [9.17, 15) is 8.78 Å². The van der Waals surface area contributed by atoms with Crippen molar-refractivity contribution in [1.29, 1.82) is 0 Å². The van der Waals surface area contributed by atoms with Crippen LogP contribution in [0.2, 0.25) is 0 Å². The molecule has 2 aromatic carbocycles. The van der Waals surface area contributed by atoms with E-state index in [2.05, 4.69) is 37.2 Å². The minimum atomic E-state index is -0.305. The highest BCUT2D eigenvalue weighted by atomic mass is 79.9. The van der Waals surface area contributed by atoms with Crippen molar-refractivity contribution in [2.24, 2.45) is 0 Å². The Labute approximate surface area is 133 Å². The van der Waals surface area contributed by atoms with E-state index >= 15 is 0 Å². The second-order valence-corrected chi connectivity index (χ2v) is 6.32. The molecule has 0 aliphatic carbocycles. The van der Waals surface area contributed by atoms with E-state index in [1.165, 1.54) is 18.2 Å². The molecular weight excluding hydrogens is 392 g/mol. The minimum Gasteiger partial charge on any atom is -0.313 e. The van der Waals surface area contributed by atoms with Crippen LogP contribution >= 0.6 is 31.9 Å². The van der Waals surface area contributed by atoms with Crippen molar-refractivity contribution in [2.75, 3.05) is 7.05 Å². The van der Waals surface area contributed by atoms with E-state index in [0.717, 1.165) is 5.56 Å². The number of hydrogen-bond acceptors (Lipinski definition) is 1. The highest BCUT2D eigenvalue weighted by Crippen LogP contribution is 2.25. The van der Waals surface area contributed by atoms with Crippen LogP contribution in [0.25, 0.3) is 0 Å². The van der Waals surface area contributed by atoms with Gasteiger partial charge in [-0.3, -0.25) is 0 Å². The van der Waals surface area contributed by atoms with Gasteiger partial charge in [0, 0.05) is 20.6 Å². The average molecular weight is 405 g/mol. The molecule has 1 N–H and O–H groups in total. The lowest BCUT2D eigenvalue weighted by Gasteiger charge is -2.18. The van der Waals surface area contributed by atoms with E-state index < -0.39 is 0 Å². The molecule has 0 saturated carbocycles. The zero-order chi connectivity index (χ0) is 14.7. The molecule has 1 unspecified atom stereocenters. The smallest absolute Gasteiger partial charge is 0.129 e. The molecular formula is C15H13Br2F2N. The summed E-state index contributed by atoms with van der Waals surface area (Å²) in [4.78, 5) is 0. The van der Waals surface area contributed by atoms with Gasteiger partial charge >= 0.3 is 0 Å². The van der Waals surface area contributed by atoms with Gasteiger partial charge in [-0.25, -0.2) is 8.78 Å². The molecule has 106 valence electrons. The van der Waals surface area contributed by atoms with Gasteiger partial charge in [-0.2, -0.15) is 0 Å². The molecule has 0 amide bonds. The van der Waals surface area contributed by atoms with Gasteiger partial charge in [0.2, 0.25) is 0 Å². The predicted molar refractivity (Wildman–Crippen MR) is 83.7 cm³/mol. The highest BCUT2D eigenvalue weighted by molar-refractivity contribution is 9.10. The molecule has 1 nitrogen and oxygen atoms in total. The highest BCUT2D eigenvalue weighted by Gasteiger charge is 2.15. The molecule has 0 aliphatic rings. The number of halogens is 4. The van der Waals surface area contributed by atoms with Crippen molar-refractivity contribution >= 4 is 31.9 Å². The van der Waals surface area contributed by atoms with Gasteiger partial charge in [-0.1, -0.05) is 37.9 Å². The summed E-state index contributed by atoms with van der Waals surface area (Å²) in [7, 11) is 1.76. The van der Waals surface area contributed by atoms with Crippen LogP contribution in [0.1, 0.15) is 17.2 Å². The van der Waals surface area contributed by atoms with Crippen LogP contribution in [-0.4, -0.2) is 7.05 Å². The first-order chi connectivity index (χ1) is 9.49. The van der Waals surface area contributed by atoms with Crippen LogP contribution in [0.5, 0.6) is 0 Å². The molecule has 20 heavy (non-hydrogen) atoms. The van der Waals surface area contributed by atoms with Crippen molar-refractivity contribution < 1.29 is 8.78 Å². The van der Waals surface area contributed by atoms with Crippen LogP contribution in [0, 0.1) is 11.6 Å². The average Bonchev–Trinajstić information content (AvgIpc) is 2.35. The number of nitrogens with one attached hydrogen (secondary N) is 1. The molecule has 0 aromatic heterocycles. The maximum atomic E-state index is 14.0. The van der Waals surface area contributed by atoms with Gasteiger partial charge in [0.1, 0.15) is 11.6 Å². The molecule has 2 rings (SSSR count). The second kappa shape index (κ2) is 6.78. The van der Waals surface area contributed by atoms with E-state index in [0.29, 0.717) is 20.9 Å². The molecule has 2 aromatic rings. The third kappa shape index (κ3) is 3.87. The van der Waals surface area contributed by atoms with Gasteiger partial charge in [-0.15, -0.1) is 0 Å². The maximum Gasteiger partial charge on any atom is 0.129 e. The molecule has 0 radical (unpaired) electrons. The van der Waals surface area contributed by atoms with E-state index in [1.807, 2.05) is 6.07 Å². The molecule has 0 fully saturated rings. The summed E-state index contributed by atoms with van der Waals surface area (Å²) < 4.78 is 28.8. The van der Waals surface area contributed by atoms with E-state index in [-0.39, 0.29) is 17.7 Å². The molecule has 0 heterocycles. The summed E-state index contributed by atoms with van der Waals surface area (Å²) in [5.74, 6) is -0.588. The topological polar surface area (TPSA) is 12.0 Å². The molecule has 0 spiro atoms. The fraction of sp³-hybridized carbons (Fsp3) is 0.200. The Hall–Kier alpha value is -0.780. The Bertz CT molecular complexity index is 597. The molecule has 0 aliphatic heterocycles. The largest absolute Gasteiger partial charge is 0.313 e. The summed E-state index contributed by atoms with van der Waals surface area (Å²) in [5, 5.41) is 3.07. The monoisotopic (exact) mass is 403 g/mol. The van der Waals surface area contributed by atoms with Gasteiger partial charge < -0.3 is 5.32 Å². The Morgan fingerprint density at radius 3 is 2.40 bits per heavy atom. The molecule has 0 bridgehead atoms. The predicted octanol–water partition coefficient (Wildman–Crippen LogP) is 4.99. The zero-order valence-electron chi connectivity index (χ0n) is 10.8. The van der Waals surface area contributed by atoms with Crippen molar-refractivity contribution in [3.63, 3.8) is 0 Å². The maximum absolute atomic E-state index is 14.0. The standard InChI is InChI=1S/C15H13Br2F2N/c1-20-15(13-3-2-10(16)8-14(13)19)6-9-4-11(17)7-12(18)5-9/h2-5,7-8,15,20H,6H2,1H3. The Kier molecular flexibility index (Phi) is 5.29. The second-order valence-electron chi connectivity index (χ2n) is 4.49. The van der Waals surface area contributed by atoms with Gasteiger partial charge in [-0.05, 0) is 49.4 Å². The quantitative estimate of drug-likeness (QED) is 0.756. The molecule has 1 atom stereocenters. The first-order valence-electron chi connectivity index (χ1n) is 6.07. The lowest BCUT2D eigenvalue weighted by atomic mass is 9.98. The lowest BCUT2D eigenvalue weighted by Crippen LogP contribution is -2.20. The fourth-order valence-electron chi connectivity index (χ4n) is 2.12. The molecule has 5 heteroatoms. The fourth-order valence-corrected chi connectivity index (χ4v) is 2.96. The van der Waals surface area contributed by atoms with Gasteiger partial charge in [0.25, 0.3) is 0 Å². The zero-order valence-corrected chi connectivity index (χ0v) is 13.9. The normalized spacial score (nSPS) is 12.4. The Morgan fingerprint density at radius 1 is 1.05 bits per heavy atom. The number of hydrogen-bond donors (Lipinski definition) is 1. The summed E-state index contributed by atoms with van der Waals surface area (Å²) in [5.41, 5.74) is 1.37. The first kappa shape index (κ1) is 15.6. The van der Waals surface area contributed by atoms with Gasteiger partial charge in [0.15, 0.2) is 0 Å². The number of rotatable bonds is 4. The van der Waals surface area contributed by atoms with E-state index in [1.54, 1.807) is 19.2 Å². The Balaban J connectivity index is 2.28. The molecule has 0 saturated heterocycles. The van der Waals surface area contributed by atoms with Crippen LogP contribution in [-0.2, 0) is 6.42 Å². The van der Waals surface area contributed by atoms with Crippen molar-refractivity contribution in [1.82, 2.24) is 5.32 Å². The summed E-state index contributed by atoms with van der Waals surface area (Å²) in [6, 6.07) is 9.45. The van der Waals surface area contributed by atoms with Gasteiger partial charge in [0.05, 0.1) is 0 Å². The van der Waals surface area contributed by atoms with Crippen molar-refractivity contribution in [3.8, 4) is 0 Å². The Morgan fingerprint density at radius 2 is 1.80 bits per heavy atom. The number of likely N-dealkylation sites (N-methyl/N-ethyl adjacent to an activating group) is 1. The number of benzene rings is 2. The summed E-state index contributed by atoms with van der Waals surface area (Å²) in [6.45, 7) is 0. The van der Waals surface area contributed by atoms with Crippen LogP contribution in [0.3, 0.4) is 0 Å². The third-order valence-electron chi connectivity index (χ3n) is 3.05. The minimum absolute atomic E-state index is 0.211.